The molecule has 1 aliphatic carbocycles. The number of aromatic nitrogens is 3. The number of carbonyl (C=O) groups excluding carboxylic acids is 4. The fourth-order valence-corrected chi connectivity index (χ4v) is 5.22. The van der Waals surface area contributed by atoms with Gasteiger partial charge in [0.2, 0.25) is 17.7 Å². The molecule has 1 fully saturated rings. The Morgan fingerprint density at radius 3 is 2.17 bits per heavy atom. The van der Waals surface area contributed by atoms with Gasteiger partial charge in [-0.1, -0.05) is 29.8 Å². The summed E-state index contributed by atoms with van der Waals surface area (Å²) < 4.78 is 76.0. The number of hydrogen-bond donors (Lipinski definition) is 4. The largest absolute Gasteiger partial charge is 0.467 e. The summed E-state index contributed by atoms with van der Waals surface area (Å²) in [5.41, 5.74) is 0.211. The average molecular weight is 776 g/mol. The van der Waals surface area contributed by atoms with Crippen LogP contribution in [-0.2, 0) is 31.2 Å². The van der Waals surface area contributed by atoms with Gasteiger partial charge < -0.3 is 30.7 Å². The third-order valence-electron chi connectivity index (χ3n) is 8.07. The van der Waals surface area contributed by atoms with E-state index in [2.05, 4.69) is 36.2 Å². The van der Waals surface area contributed by atoms with E-state index in [1.54, 1.807) is 12.1 Å². The highest BCUT2D eigenvalue weighted by molar-refractivity contribution is 6.36. The molecule has 0 radical (unpaired) electrons. The van der Waals surface area contributed by atoms with Crippen LogP contribution in [0.2, 0.25) is 5.02 Å². The number of halogens is 6. The summed E-state index contributed by atoms with van der Waals surface area (Å²) in [4.78, 5) is 62.3. The minimum atomic E-state index is -4.66. The number of esters is 1. The van der Waals surface area contributed by atoms with Crippen molar-refractivity contribution in [1.82, 2.24) is 25.6 Å². The Morgan fingerprint density at radius 2 is 1.56 bits per heavy atom. The maximum Gasteiger partial charge on any atom is 0.422 e. The van der Waals surface area contributed by atoms with Gasteiger partial charge in [-0.05, 0) is 73.4 Å². The molecule has 1 aliphatic rings. The van der Waals surface area contributed by atoms with Crippen LogP contribution in [-0.4, -0.2) is 64.5 Å². The van der Waals surface area contributed by atoms with Crippen molar-refractivity contribution >= 4 is 52.8 Å². The topological polar surface area (TPSA) is 174 Å². The second-order valence-corrected chi connectivity index (χ2v) is 12.4. The smallest absolute Gasteiger partial charge is 0.422 e. The minimum absolute atomic E-state index is 0.0521. The molecule has 1 atom stereocenters. The molecular formula is C35H31ClF5N7O6. The number of carbonyl (C=O) groups is 4. The molecule has 2 amide bonds. The van der Waals surface area contributed by atoms with Crippen molar-refractivity contribution in [2.75, 3.05) is 24.4 Å². The Kier molecular flexibility index (Phi) is 12.3. The number of Topliss-reactive ketones (excluding diaryl/α,β-unsaturated/α-hetero) is 1. The lowest BCUT2D eigenvalue weighted by molar-refractivity contribution is -0.154. The number of alkyl halides is 3. The molecule has 0 bridgehead atoms. The lowest BCUT2D eigenvalue weighted by atomic mass is 10.1. The summed E-state index contributed by atoms with van der Waals surface area (Å²) in [5, 5.41) is 11.1. The van der Waals surface area contributed by atoms with Crippen molar-refractivity contribution in [2.45, 2.75) is 50.0 Å². The summed E-state index contributed by atoms with van der Waals surface area (Å²) in [5.74, 6) is -5.87. The zero-order chi connectivity index (χ0) is 39.0. The lowest BCUT2D eigenvalue weighted by Crippen LogP contribution is -2.42. The predicted molar refractivity (Wildman–Crippen MR) is 183 cm³/mol. The molecule has 5 rings (SSSR count). The van der Waals surface area contributed by atoms with E-state index in [1.807, 2.05) is 12.1 Å². The highest BCUT2D eigenvalue weighted by Crippen LogP contribution is 2.48. The Bertz CT molecular complexity index is 2000. The molecule has 0 unspecified atom stereocenters. The van der Waals surface area contributed by atoms with Crippen molar-refractivity contribution in [3.63, 3.8) is 0 Å². The Morgan fingerprint density at radius 1 is 0.907 bits per heavy atom. The van der Waals surface area contributed by atoms with E-state index in [1.165, 1.54) is 24.3 Å². The molecule has 4 N–H and O–H groups in total. The summed E-state index contributed by atoms with van der Waals surface area (Å²) in [6.07, 6.45) is -4.15. The number of amides is 2. The van der Waals surface area contributed by atoms with Gasteiger partial charge in [-0.3, -0.25) is 14.4 Å². The predicted octanol–water partition coefficient (Wildman–Crippen LogP) is 5.53. The summed E-state index contributed by atoms with van der Waals surface area (Å²) >= 11 is 6.01. The second kappa shape index (κ2) is 16.8. The van der Waals surface area contributed by atoms with E-state index < -0.39 is 84.1 Å². The van der Waals surface area contributed by atoms with Crippen molar-refractivity contribution < 1.29 is 50.6 Å². The summed E-state index contributed by atoms with van der Waals surface area (Å²) in [6, 6.07) is 13.8. The monoisotopic (exact) mass is 775 g/mol. The third kappa shape index (κ3) is 10.6. The molecule has 1 heterocycles. The normalized spacial score (nSPS) is 13.6. The van der Waals surface area contributed by atoms with Crippen LogP contribution in [0.25, 0.3) is 0 Å². The van der Waals surface area contributed by atoms with Crippen LogP contribution >= 0.6 is 11.6 Å². The van der Waals surface area contributed by atoms with Crippen LogP contribution in [0.1, 0.15) is 47.2 Å². The van der Waals surface area contributed by atoms with Gasteiger partial charge in [-0.15, -0.1) is 0 Å². The molecule has 0 spiro atoms. The first-order chi connectivity index (χ1) is 25.6. The maximum absolute atomic E-state index is 13.8. The number of nitrogens with one attached hydrogen (secondary N) is 4. The van der Waals surface area contributed by atoms with Crippen molar-refractivity contribution in [3.05, 3.63) is 100 Å². The number of anilines is 3. The third-order valence-corrected chi connectivity index (χ3v) is 8.32. The quantitative estimate of drug-likeness (QED) is 0.0641. The molecule has 284 valence electrons. The zero-order valence-corrected chi connectivity index (χ0v) is 29.0. The van der Waals surface area contributed by atoms with Gasteiger partial charge in [0.05, 0.1) is 12.6 Å². The Hall–Kier alpha value is -5.91. The molecule has 13 nitrogen and oxygen atoms in total. The van der Waals surface area contributed by atoms with Gasteiger partial charge in [-0.25, -0.2) is 13.6 Å². The molecule has 3 aromatic carbocycles. The fraction of sp³-hybridized carbons (Fsp3) is 0.286. The first-order valence-electron chi connectivity index (χ1n) is 16.1. The lowest BCUT2D eigenvalue weighted by Gasteiger charge is -2.19. The number of nitrogens with zero attached hydrogens (tertiary/aromatic N) is 3. The maximum atomic E-state index is 13.8. The average Bonchev–Trinajstić information content (AvgIpc) is 3.92. The molecule has 0 aliphatic heterocycles. The molecule has 19 heteroatoms. The Balaban J connectivity index is 1.22. The number of rotatable bonds is 16. The van der Waals surface area contributed by atoms with Crippen LogP contribution in [0, 0.1) is 11.6 Å². The second-order valence-electron chi connectivity index (χ2n) is 12.0. The number of methoxy groups -OCH3 is 1. The van der Waals surface area contributed by atoms with E-state index in [4.69, 9.17) is 21.1 Å². The van der Waals surface area contributed by atoms with Gasteiger partial charge in [0.25, 0.3) is 11.8 Å². The van der Waals surface area contributed by atoms with Gasteiger partial charge in [0, 0.05) is 34.8 Å². The molecule has 1 saturated carbocycles. The number of benzene rings is 3. The van der Waals surface area contributed by atoms with Crippen LogP contribution in [0.15, 0.2) is 66.7 Å². The molecule has 4 aromatic rings. The first-order valence-corrected chi connectivity index (χ1v) is 16.5. The van der Waals surface area contributed by atoms with E-state index in [-0.39, 0.29) is 23.9 Å². The number of hydrogen-bond acceptors (Lipinski definition) is 11. The van der Waals surface area contributed by atoms with Gasteiger partial charge in [0.15, 0.2) is 6.61 Å². The van der Waals surface area contributed by atoms with Crippen molar-refractivity contribution in [3.8, 4) is 6.01 Å². The van der Waals surface area contributed by atoms with E-state index >= 15 is 0 Å². The van der Waals surface area contributed by atoms with Crippen molar-refractivity contribution in [1.29, 1.82) is 0 Å². The highest BCUT2D eigenvalue weighted by atomic mass is 35.5. The highest BCUT2D eigenvalue weighted by Gasteiger charge is 2.45. The molecule has 54 heavy (non-hydrogen) atoms. The minimum Gasteiger partial charge on any atom is -0.467 e. The van der Waals surface area contributed by atoms with Crippen LogP contribution in [0.3, 0.4) is 0 Å². The first kappa shape index (κ1) is 39.3. The van der Waals surface area contributed by atoms with E-state index in [0.717, 1.165) is 30.9 Å². The summed E-state index contributed by atoms with van der Waals surface area (Å²) in [6.45, 7) is -2.23. The number of ether oxygens (including phenoxy) is 2. The zero-order valence-electron chi connectivity index (χ0n) is 28.2. The Labute approximate surface area is 309 Å². The summed E-state index contributed by atoms with van der Waals surface area (Å²) in [7, 11) is 1.06. The van der Waals surface area contributed by atoms with E-state index in [0.29, 0.717) is 23.6 Å². The van der Waals surface area contributed by atoms with E-state index in [9.17, 15) is 41.1 Å². The van der Waals surface area contributed by atoms with Gasteiger partial charge >= 0.3 is 18.2 Å². The van der Waals surface area contributed by atoms with Crippen LogP contribution in [0.4, 0.5) is 39.5 Å². The van der Waals surface area contributed by atoms with Crippen LogP contribution in [0.5, 0.6) is 6.01 Å². The number of ketones is 1. The molecule has 0 saturated heterocycles. The van der Waals surface area contributed by atoms with Crippen LogP contribution < -0.4 is 26.0 Å². The fourth-order valence-electron chi connectivity index (χ4n) is 5.10. The molecule has 1 aromatic heterocycles. The SMILES string of the molecule is COC(=O)[C@H](CCC(=O)C(=O)NCc1c(F)cccc1F)NC(=O)c1ccc(Nc2nc(NC3(c4ccc(Cl)cc4)CC3)nc(OCC(F)(F)F)n2)cc1. The van der Waals surface area contributed by atoms with Crippen molar-refractivity contribution in [2.24, 2.45) is 0 Å². The standard InChI is InChI=1S/C35H31ClF5N7O6/c1-53-30(52)26(13-14-27(49)29(51)42-17-23-24(37)3-2-4-25(23)38)44-28(50)19-5-11-22(12-6-19)43-31-45-32(47-33(46-31)54-18-35(39,40)41)48-34(15-16-34)20-7-9-21(36)10-8-20/h2-12,26H,13-18H2,1H3,(H,42,51)(H,44,50)(H2,43,45,46,47,48)/t26-/m0/s1. The van der Waals surface area contributed by atoms with Gasteiger partial charge in [0.1, 0.15) is 17.7 Å². The molecular weight excluding hydrogens is 745 g/mol. The van der Waals surface area contributed by atoms with Gasteiger partial charge in [-0.2, -0.15) is 28.1 Å².